The third-order valence-corrected chi connectivity index (χ3v) is 4.13. The predicted octanol–water partition coefficient (Wildman–Crippen LogP) is 3.01. The van der Waals surface area contributed by atoms with E-state index in [2.05, 4.69) is 53.6 Å². The van der Waals surface area contributed by atoms with Crippen LogP contribution in [0.1, 0.15) is 33.7 Å². The molecular weight excluding hydrogens is 268 g/mol. The highest BCUT2D eigenvalue weighted by atomic mass is 14.8. The zero-order valence-corrected chi connectivity index (χ0v) is 12.7. The number of nitriles is 1. The van der Waals surface area contributed by atoms with Crippen LogP contribution in [0.5, 0.6) is 0 Å². The van der Waals surface area contributed by atoms with Crippen molar-refractivity contribution >= 4 is 0 Å². The first-order chi connectivity index (χ1) is 10.8. The molecule has 2 aromatic carbocycles. The molecule has 1 atom stereocenters. The Morgan fingerprint density at radius 2 is 1.86 bits per heavy atom. The lowest BCUT2D eigenvalue weighted by atomic mass is 9.87. The molecule has 1 N–H and O–H groups in total. The van der Waals surface area contributed by atoms with Crippen molar-refractivity contribution in [1.29, 1.82) is 5.26 Å². The van der Waals surface area contributed by atoms with E-state index in [1.807, 2.05) is 19.2 Å². The molecule has 0 amide bonds. The molecule has 0 radical (unpaired) electrons. The molecule has 0 spiro atoms. The molecule has 3 rings (SSSR count). The molecule has 2 heteroatoms. The maximum atomic E-state index is 9.21. The van der Waals surface area contributed by atoms with E-state index in [-0.39, 0.29) is 5.92 Å². The van der Waals surface area contributed by atoms with Crippen LogP contribution in [0.3, 0.4) is 0 Å². The Labute approximate surface area is 131 Å². The summed E-state index contributed by atoms with van der Waals surface area (Å²) in [5.41, 5.74) is 5.84. The normalized spacial score (nSPS) is 15.5. The molecule has 1 aliphatic rings. The molecule has 0 saturated carbocycles. The van der Waals surface area contributed by atoms with Gasteiger partial charge in [-0.3, -0.25) is 0 Å². The maximum absolute atomic E-state index is 9.21. The summed E-state index contributed by atoms with van der Waals surface area (Å²) in [6.45, 7) is 0.673. The minimum absolute atomic E-state index is 0.0512. The van der Waals surface area contributed by atoms with Gasteiger partial charge in [0, 0.05) is 0 Å². The lowest BCUT2D eigenvalue weighted by Gasteiger charge is -2.15. The molecule has 108 valence electrons. The van der Waals surface area contributed by atoms with Crippen molar-refractivity contribution < 1.29 is 0 Å². The summed E-state index contributed by atoms with van der Waals surface area (Å²) in [7, 11) is 1.90. The predicted molar refractivity (Wildman–Crippen MR) is 88.6 cm³/mol. The summed E-state index contributed by atoms with van der Waals surface area (Å²) < 4.78 is 0. The van der Waals surface area contributed by atoms with Crippen LogP contribution >= 0.6 is 0 Å². The molecular formula is C20H18N2. The fraction of sp³-hybridized carbons (Fsp3) is 0.250. The molecule has 2 nitrogen and oxygen atoms in total. The van der Waals surface area contributed by atoms with E-state index in [0.29, 0.717) is 12.1 Å². The van der Waals surface area contributed by atoms with Gasteiger partial charge in [0.25, 0.3) is 0 Å². The zero-order chi connectivity index (χ0) is 15.4. The van der Waals surface area contributed by atoms with Crippen LogP contribution in [0.15, 0.2) is 42.5 Å². The van der Waals surface area contributed by atoms with Gasteiger partial charge < -0.3 is 5.32 Å². The summed E-state index contributed by atoms with van der Waals surface area (Å²) in [4.78, 5) is 0. The van der Waals surface area contributed by atoms with Crippen LogP contribution in [0.2, 0.25) is 0 Å². The molecule has 1 unspecified atom stereocenters. The number of nitrogens with zero attached hydrogens (tertiary/aromatic N) is 1. The molecule has 0 aromatic heterocycles. The van der Waals surface area contributed by atoms with Crippen molar-refractivity contribution in [3.8, 4) is 17.9 Å². The Hall–Kier alpha value is -2.55. The van der Waals surface area contributed by atoms with Crippen molar-refractivity contribution in [2.24, 2.45) is 0 Å². The molecule has 0 bridgehead atoms. The molecule has 2 aromatic rings. The van der Waals surface area contributed by atoms with Gasteiger partial charge in [0.15, 0.2) is 0 Å². The summed E-state index contributed by atoms with van der Waals surface area (Å²) in [6.07, 6.45) is 2.03. The van der Waals surface area contributed by atoms with Crippen LogP contribution in [0.4, 0.5) is 0 Å². The fourth-order valence-corrected chi connectivity index (χ4v) is 3.04. The topological polar surface area (TPSA) is 35.8 Å². The number of aryl methyl sites for hydroxylation is 2. The number of fused-ring (bicyclic) bond motifs is 2. The quantitative estimate of drug-likeness (QED) is 0.818. The average Bonchev–Trinajstić information content (AvgIpc) is 2.72. The second kappa shape index (κ2) is 6.48. The van der Waals surface area contributed by atoms with Crippen LogP contribution in [0, 0.1) is 23.2 Å². The molecule has 1 aliphatic carbocycles. The van der Waals surface area contributed by atoms with Gasteiger partial charge in [0.1, 0.15) is 0 Å². The van der Waals surface area contributed by atoms with Crippen LogP contribution in [-0.4, -0.2) is 13.6 Å². The van der Waals surface area contributed by atoms with E-state index >= 15 is 0 Å². The smallest absolute Gasteiger partial charge is 0.0991 e. The van der Waals surface area contributed by atoms with Crippen molar-refractivity contribution in [3.63, 3.8) is 0 Å². The first-order valence-corrected chi connectivity index (χ1v) is 7.57. The summed E-state index contributed by atoms with van der Waals surface area (Å²) in [6, 6.07) is 16.8. The summed E-state index contributed by atoms with van der Waals surface area (Å²) >= 11 is 0. The molecule has 0 saturated heterocycles. The monoisotopic (exact) mass is 286 g/mol. The molecule has 0 aliphatic heterocycles. The first-order valence-electron chi connectivity index (χ1n) is 7.57. The number of nitrogens with one attached hydrogen (secondary N) is 1. The van der Waals surface area contributed by atoms with E-state index < -0.39 is 0 Å². The lowest BCUT2D eigenvalue weighted by molar-refractivity contribution is 0.934. The van der Waals surface area contributed by atoms with Gasteiger partial charge >= 0.3 is 0 Å². The van der Waals surface area contributed by atoms with E-state index in [1.165, 1.54) is 22.3 Å². The zero-order valence-electron chi connectivity index (χ0n) is 12.7. The van der Waals surface area contributed by atoms with Gasteiger partial charge in [0.05, 0.1) is 24.1 Å². The number of hydrogen-bond acceptors (Lipinski definition) is 2. The number of rotatable bonds is 1. The standard InChI is InChI=1S/C20H18N2/c1-22-12-4-7-19-18-6-3-2-5-16(18)10-11-17-9-8-15(14-21)13-20(17)19/h2-3,5-6,8-9,13,19,22H,10-12H2,1H3. The Bertz CT molecular complexity index is 787. The second-order valence-electron chi connectivity index (χ2n) is 5.51. The van der Waals surface area contributed by atoms with Crippen LogP contribution in [-0.2, 0) is 12.8 Å². The largest absolute Gasteiger partial charge is 0.309 e. The minimum Gasteiger partial charge on any atom is -0.309 e. The van der Waals surface area contributed by atoms with Crippen molar-refractivity contribution in [3.05, 3.63) is 70.3 Å². The Morgan fingerprint density at radius 3 is 2.64 bits per heavy atom. The Kier molecular flexibility index (Phi) is 4.24. The average molecular weight is 286 g/mol. The van der Waals surface area contributed by atoms with Crippen molar-refractivity contribution in [2.75, 3.05) is 13.6 Å². The molecule has 22 heavy (non-hydrogen) atoms. The van der Waals surface area contributed by atoms with E-state index in [0.717, 1.165) is 12.8 Å². The van der Waals surface area contributed by atoms with Gasteiger partial charge in [-0.15, -0.1) is 0 Å². The Balaban J connectivity index is 2.17. The van der Waals surface area contributed by atoms with Crippen molar-refractivity contribution in [1.82, 2.24) is 5.32 Å². The van der Waals surface area contributed by atoms with Gasteiger partial charge in [0.2, 0.25) is 0 Å². The summed E-state index contributed by atoms with van der Waals surface area (Å²) in [5.74, 6) is 6.66. The fourth-order valence-electron chi connectivity index (χ4n) is 3.04. The van der Waals surface area contributed by atoms with Gasteiger partial charge in [-0.05, 0) is 54.3 Å². The SMILES string of the molecule is CNCC#CC1c2ccccc2CCc2ccc(C#N)cc21. The maximum Gasteiger partial charge on any atom is 0.0991 e. The minimum atomic E-state index is 0.0512. The van der Waals surface area contributed by atoms with Gasteiger partial charge in [-0.25, -0.2) is 0 Å². The van der Waals surface area contributed by atoms with Gasteiger partial charge in [-0.2, -0.15) is 5.26 Å². The Morgan fingerprint density at radius 1 is 1.09 bits per heavy atom. The van der Waals surface area contributed by atoms with E-state index in [9.17, 15) is 5.26 Å². The van der Waals surface area contributed by atoms with Crippen molar-refractivity contribution in [2.45, 2.75) is 18.8 Å². The highest BCUT2D eigenvalue weighted by Crippen LogP contribution is 2.34. The first kappa shape index (κ1) is 14.4. The lowest BCUT2D eigenvalue weighted by Crippen LogP contribution is -2.06. The van der Waals surface area contributed by atoms with E-state index in [4.69, 9.17) is 0 Å². The third kappa shape index (κ3) is 2.75. The molecule has 0 heterocycles. The number of benzene rings is 2. The summed E-state index contributed by atoms with van der Waals surface area (Å²) in [5, 5.41) is 12.3. The van der Waals surface area contributed by atoms with Crippen LogP contribution in [0.25, 0.3) is 0 Å². The third-order valence-electron chi connectivity index (χ3n) is 4.13. The van der Waals surface area contributed by atoms with E-state index in [1.54, 1.807) is 0 Å². The van der Waals surface area contributed by atoms with Crippen LogP contribution < -0.4 is 5.32 Å². The molecule has 0 fully saturated rings. The highest BCUT2D eigenvalue weighted by molar-refractivity contribution is 5.52. The van der Waals surface area contributed by atoms with Gasteiger partial charge in [-0.1, -0.05) is 42.2 Å². The number of hydrogen-bond donors (Lipinski definition) is 1. The second-order valence-corrected chi connectivity index (χ2v) is 5.51. The highest BCUT2D eigenvalue weighted by Gasteiger charge is 2.22.